The molecular formula is C9H17N3O. The molecule has 74 valence electrons. The molecule has 0 fully saturated rings. The van der Waals surface area contributed by atoms with Gasteiger partial charge in [-0.3, -0.25) is 0 Å². The van der Waals surface area contributed by atoms with Gasteiger partial charge in [0.1, 0.15) is 5.82 Å². The lowest BCUT2D eigenvalue weighted by atomic mass is 10.0. The number of aryl methyl sites for hydroxylation is 1. The molecule has 1 rings (SSSR count). The number of hydrogen-bond acceptors (Lipinski definition) is 3. The second kappa shape index (κ2) is 3.89. The molecule has 0 radical (unpaired) electrons. The molecule has 4 nitrogen and oxygen atoms in total. The Labute approximate surface area is 78.4 Å². The normalized spacial score (nSPS) is 15.8. The molecular weight excluding hydrogens is 166 g/mol. The number of hydrogen-bond donors (Lipinski definition) is 2. The van der Waals surface area contributed by atoms with Gasteiger partial charge in [-0.1, -0.05) is 6.92 Å². The summed E-state index contributed by atoms with van der Waals surface area (Å²) < 4.78 is 1.89. The Hall–Kier alpha value is -0.870. The molecule has 13 heavy (non-hydrogen) atoms. The van der Waals surface area contributed by atoms with Crippen LogP contribution in [0.5, 0.6) is 0 Å². The summed E-state index contributed by atoms with van der Waals surface area (Å²) in [6.07, 6.45) is 1.18. The van der Waals surface area contributed by atoms with Crippen molar-refractivity contribution < 1.29 is 5.11 Å². The molecule has 2 unspecified atom stereocenters. The molecule has 0 amide bonds. The maximum atomic E-state index is 9.84. The van der Waals surface area contributed by atoms with E-state index in [9.17, 15) is 5.11 Å². The zero-order valence-electron chi connectivity index (χ0n) is 8.36. The van der Waals surface area contributed by atoms with Gasteiger partial charge in [0.15, 0.2) is 0 Å². The van der Waals surface area contributed by atoms with E-state index in [-0.39, 0.29) is 5.92 Å². The highest BCUT2D eigenvalue weighted by Gasteiger charge is 2.18. The summed E-state index contributed by atoms with van der Waals surface area (Å²) >= 11 is 0. The fourth-order valence-electron chi connectivity index (χ4n) is 1.21. The van der Waals surface area contributed by atoms with Crippen molar-refractivity contribution in [3.8, 4) is 0 Å². The third kappa shape index (κ3) is 1.89. The molecule has 1 heterocycles. The average molecular weight is 183 g/mol. The zero-order chi connectivity index (χ0) is 10.0. The van der Waals surface area contributed by atoms with Crippen molar-refractivity contribution in [1.29, 1.82) is 0 Å². The van der Waals surface area contributed by atoms with Gasteiger partial charge in [-0.2, -0.15) is 0 Å². The quantitative estimate of drug-likeness (QED) is 0.711. The van der Waals surface area contributed by atoms with E-state index in [1.807, 2.05) is 25.5 Å². The van der Waals surface area contributed by atoms with Crippen LogP contribution in [-0.4, -0.2) is 21.2 Å². The van der Waals surface area contributed by atoms with Crippen LogP contribution in [0.15, 0.2) is 6.20 Å². The van der Waals surface area contributed by atoms with Gasteiger partial charge < -0.3 is 15.4 Å². The van der Waals surface area contributed by atoms with Crippen molar-refractivity contribution >= 4 is 0 Å². The maximum absolute atomic E-state index is 9.84. The van der Waals surface area contributed by atoms with Gasteiger partial charge in [-0.15, -0.1) is 0 Å². The molecule has 0 saturated heterocycles. The summed E-state index contributed by atoms with van der Waals surface area (Å²) in [5, 5.41) is 9.84. The molecule has 4 heteroatoms. The van der Waals surface area contributed by atoms with Crippen molar-refractivity contribution in [3.05, 3.63) is 17.7 Å². The van der Waals surface area contributed by atoms with Crippen LogP contribution in [-0.2, 0) is 7.05 Å². The Morgan fingerprint density at radius 2 is 2.31 bits per heavy atom. The highest BCUT2D eigenvalue weighted by Crippen LogP contribution is 2.20. The highest BCUT2D eigenvalue weighted by atomic mass is 16.3. The number of rotatable bonds is 3. The summed E-state index contributed by atoms with van der Waals surface area (Å²) in [5.41, 5.74) is 6.31. The number of nitrogens with two attached hydrogens (primary N) is 1. The Morgan fingerprint density at radius 3 is 2.69 bits per heavy atom. The average Bonchev–Trinajstić information content (AvgIpc) is 2.45. The van der Waals surface area contributed by atoms with Crippen LogP contribution in [0, 0.1) is 12.8 Å². The zero-order valence-corrected chi connectivity index (χ0v) is 8.36. The molecule has 0 bridgehead atoms. The monoisotopic (exact) mass is 183 g/mol. The Bertz CT molecular complexity index is 282. The van der Waals surface area contributed by atoms with Gasteiger partial charge in [-0.25, -0.2) is 4.98 Å². The van der Waals surface area contributed by atoms with Gasteiger partial charge in [0.25, 0.3) is 0 Å². The van der Waals surface area contributed by atoms with Crippen LogP contribution in [0.4, 0.5) is 0 Å². The number of aliphatic hydroxyl groups is 1. The fourth-order valence-corrected chi connectivity index (χ4v) is 1.21. The molecule has 0 aliphatic heterocycles. The van der Waals surface area contributed by atoms with Gasteiger partial charge in [-0.05, 0) is 19.4 Å². The van der Waals surface area contributed by atoms with E-state index >= 15 is 0 Å². The number of imidazole rings is 1. The van der Waals surface area contributed by atoms with E-state index in [0.29, 0.717) is 6.54 Å². The van der Waals surface area contributed by atoms with E-state index in [2.05, 4.69) is 4.98 Å². The lowest BCUT2D eigenvalue weighted by molar-refractivity contribution is 0.114. The molecule has 0 aliphatic rings. The molecule has 1 aromatic heterocycles. The van der Waals surface area contributed by atoms with Crippen molar-refractivity contribution in [2.24, 2.45) is 18.7 Å². The van der Waals surface area contributed by atoms with Gasteiger partial charge >= 0.3 is 0 Å². The summed E-state index contributed by atoms with van der Waals surface area (Å²) in [4.78, 5) is 4.12. The maximum Gasteiger partial charge on any atom is 0.105 e. The molecule has 2 atom stereocenters. The lowest BCUT2D eigenvalue weighted by Gasteiger charge is -2.17. The van der Waals surface area contributed by atoms with E-state index in [1.165, 1.54) is 0 Å². The SMILES string of the molecule is Cc1ncc(C(O)C(C)CN)n1C. The smallest absolute Gasteiger partial charge is 0.105 e. The third-order valence-corrected chi connectivity index (χ3v) is 2.47. The summed E-state index contributed by atoms with van der Waals surface area (Å²) in [7, 11) is 1.89. The van der Waals surface area contributed by atoms with Crippen molar-refractivity contribution in [2.45, 2.75) is 20.0 Å². The molecule has 0 aliphatic carbocycles. The first-order valence-corrected chi connectivity index (χ1v) is 4.44. The number of nitrogens with zero attached hydrogens (tertiary/aromatic N) is 2. The van der Waals surface area contributed by atoms with Crippen LogP contribution < -0.4 is 5.73 Å². The van der Waals surface area contributed by atoms with Crippen molar-refractivity contribution in [1.82, 2.24) is 9.55 Å². The standard InChI is InChI=1S/C9H17N3O/c1-6(4-10)9(13)8-5-11-7(2)12(8)3/h5-6,9,13H,4,10H2,1-3H3. The third-order valence-electron chi connectivity index (χ3n) is 2.47. The van der Waals surface area contributed by atoms with Crippen LogP contribution in [0.25, 0.3) is 0 Å². The Balaban J connectivity index is 2.88. The largest absolute Gasteiger partial charge is 0.386 e. The second-order valence-electron chi connectivity index (χ2n) is 3.45. The highest BCUT2D eigenvalue weighted by molar-refractivity contribution is 5.07. The van der Waals surface area contributed by atoms with Crippen LogP contribution >= 0.6 is 0 Å². The minimum absolute atomic E-state index is 0.0646. The molecule has 0 aromatic carbocycles. The fraction of sp³-hybridized carbons (Fsp3) is 0.667. The van der Waals surface area contributed by atoms with Crippen LogP contribution in [0.3, 0.4) is 0 Å². The lowest BCUT2D eigenvalue weighted by Crippen LogP contribution is -2.20. The van der Waals surface area contributed by atoms with E-state index < -0.39 is 6.10 Å². The van der Waals surface area contributed by atoms with E-state index in [4.69, 9.17) is 5.73 Å². The van der Waals surface area contributed by atoms with Gasteiger partial charge in [0.05, 0.1) is 18.0 Å². The topological polar surface area (TPSA) is 64.1 Å². The minimum Gasteiger partial charge on any atom is -0.386 e. The summed E-state index contributed by atoms with van der Waals surface area (Å²) in [6.45, 7) is 4.31. The first kappa shape index (κ1) is 10.2. The molecule has 3 N–H and O–H groups in total. The van der Waals surface area contributed by atoms with Crippen molar-refractivity contribution in [3.63, 3.8) is 0 Å². The minimum atomic E-state index is -0.517. The number of aliphatic hydroxyl groups excluding tert-OH is 1. The van der Waals surface area contributed by atoms with E-state index in [0.717, 1.165) is 11.5 Å². The molecule has 1 aromatic rings. The first-order chi connectivity index (χ1) is 6.07. The number of aromatic nitrogens is 2. The second-order valence-corrected chi connectivity index (χ2v) is 3.45. The van der Waals surface area contributed by atoms with Gasteiger partial charge in [0.2, 0.25) is 0 Å². The molecule has 0 saturated carbocycles. The predicted octanol–water partition coefficient (Wildman–Crippen LogP) is 0.357. The van der Waals surface area contributed by atoms with Gasteiger partial charge in [0, 0.05) is 7.05 Å². The molecule has 0 spiro atoms. The Morgan fingerprint density at radius 1 is 1.69 bits per heavy atom. The predicted molar refractivity (Wildman–Crippen MR) is 51.1 cm³/mol. The first-order valence-electron chi connectivity index (χ1n) is 4.44. The van der Waals surface area contributed by atoms with Crippen LogP contribution in [0.2, 0.25) is 0 Å². The van der Waals surface area contributed by atoms with Crippen molar-refractivity contribution in [2.75, 3.05) is 6.54 Å². The Kier molecular flexibility index (Phi) is 3.06. The van der Waals surface area contributed by atoms with Crippen LogP contribution in [0.1, 0.15) is 24.5 Å². The van der Waals surface area contributed by atoms with E-state index in [1.54, 1.807) is 6.20 Å². The summed E-state index contributed by atoms with van der Waals surface area (Å²) in [6, 6.07) is 0. The summed E-state index contributed by atoms with van der Waals surface area (Å²) in [5.74, 6) is 0.966.